The first kappa shape index (κ1) is 15.7. The highest BCUT2D eigenvalue weighted by Gasteiger charge is 2.32. The number of benzene rings is 1. The second-order valence-corrected chi connectivity index (χ2v) is 3.69. The first-order valence-electron chi connectivity index (χ1n) is 5.40. The molecule has 0 amide bonds. The second kappa shape index (κ2) is 6.23. The van der Waals surface area contributed by atoms with E-state index in [1.165, 1.54) is 18.2 Å². The minimum Gasteiger partial charge on any atom is -0.465 e. The third-order valence-corrected chi connectivity index (χ3v) is 2.23. The molecule has 1 aromatic rings. The second-order valence-electron chi connectivity index (χ2n) is 3.69. The Hall–Kier alpha value is -2.31. The van der Waals surface area contributed by atoms with Gasteiger partial charge in [-0.25, -0.2) is 4.79 Å². The van der Waals surface area contributed by atoms with Crippen molar-refractivity contribution in [3.05, 3.63) is 35.4 Å². The fourth-order valence-electron chi connectivity index (χ4n) is 1.39. The van der Waals surface area contributed by atoms with Crippen LogP contribution >= 0.6 is 0 Å². The van der Waals surface area contributed by atoms with E-state index >= 15 is 0 Å². The molecule has 0 unspecified atom stereocenters. The van der Waals surface area contributed by atoms with Crippen LogP contribution in [0.3, 0.4) is 0 Å². The van der Waals surface area contributed by atoms with Crippen LogP contribution in [-0.2, 0) is 14.3 Å². The summed E-state index contributed by atoms with van der Waals surface area (Å²) in [6.45, 7) is 1.11. The molecule has 1 aromatic carbocycles. The molecule has 0 atom stereocenters. The number of ketones is 1. The Morgan fingerprint density at radius 2 is 1.80 bits per heavy atom. The van der Waals surface area contributed by atoms with Gasteiger partial charge in [0.25, 0.3) is 0 Å². The number of ether oxygens (including phenoxy) is 2. The number of hydrogen-bond acceptors (Lipinski definition) is 4. The average Bonchev–Trinajstić information content (AvgIpc) is 2.34. The maximum absolute atomic E-state index is 12.2. The molecule has 0 fully saturated rings. The summed E-state index contributed by atoms with van der Waals surface area (Å²) in [7, 11) is 1.07. The summed E-state index contributed by atoms with van der Waals surface area (Å²) in [5.74, 6) is -2.07. The molecular weight excluding hydrogens is 277 g/mol. The Labute approximate surface area is 112 Å². The zero-order valence-electron chi connectivity index (χ0n) is 10.7. The van der Waals surface area contributed by atoms with Gasteiger partial charge in [0.15, 0.2) is 5.78 Å². The standard InChI is InChI=1S/C13H11F3O4/c1-8(17)10(12(18)19-2)7-9-5-3-4-6-11(9)20-13(14,15)16/h3-7H,1-2H3/b10-7+. The van der Waals surface area contributed by atoms with Gasteiger partial charge in [-0.1, -0.05) is 18.2 Å². The van der Waals surface area contributed by atoms with E-state index in [0.717, 1.165) is 26.2 Å². The quantitative estimate of drug-likeness (QED) is 0.370. The van der Waals surface area contributed by atoms with Crippen LogP contribution in [-0.4, -0.2) is 25.2 Å². The lowest BCUT2D eigenvalue weighted by Crippen LogP contribution is -2.18. The molecule has 20 heavy (non-hydrogen) atoms. The number of Topliss-reactive ketones (excluding diaryl/α,β-unsaturated/α-hetero) is 1. The number of carbonyl (C=O) groups excluding carboxylic acids is 2. The number of rotatable bonds is 4. The van der Waals surface area contributed by atoms with Crippen molar-refractivity contribution in [1.82, 2.24) is 0 Å². The molecule has 0 aliphatic rings. The molecule has 0 bridgehead atoms. The Morgan fingerprint density at radius 3 is 2.30 bits per heavy atom. The van der Waals surface area contributed by atoms with Crippen LogP contribution in [0.1, 0.15) is 12.5 Å². The van der Waals surface area contributed by atoms with Crippen molar-refractivity contribution in [2.75, 3.05) is 7.11 Å². The maximum atomic E-state index is 12.2. The number of alkyl halides is 3. The third kappa shape index (κ3) is 4.42. The zero-order chi connectivity index (χ0) is 15.3. The summed E-state index contributed by atoms with van der Waals surface area (Å²) in [6.07, 6.45) is -3.87. The van der Waals surface area contributed by atoms with E-state index in [1.807, 2.05) is 0 Å². The van der Waals surface area contributed by atoms with Gasteiger partial charge in [-0.2, -0.15) is 0 Å². The minimum absolute atomic E-state index is 0.0552. The molecule has 0 aliphatic heterocycles. The molecule has 4 nitrogen and oxygen atoms in total. The van der Waals surface area contributed by atoms with Gasteiger partial charge in [-0.05, 0) is 19.1 Å². The van der Waals surface area contributed by atoms with Crippen LogP contribution in [0.15, 0.2) is 29.8 Å². The lowest BCUT2D eigenvalue weighted by Gasteiger charge is -2.11. The van der Waals surface area contributed by atoms with Gasteiger partial charge in [0.2, 0.25) is 0 Å². The number of para-hydroxylation sites is 1. The average molecular weight is 288 g/mol. The van der Waals surface area contributed by atoms with Crippen molar-refractivity contribution in [2.24, 2.45) is 0 Å². The number of hydrogen-bond donors (Lipinski definition) is 0. The molecule has 0 saturated heterocycles. The molecule has 0 radical (unpaired) electrons. The van der Waals surface area contributed by atoms with Crippen molar-refractivity contribution < 1.29 is 32.2 Å². The van der Waals surface area contributed by atoms with E-state index in [1.54, 1.807) is 0 Å². The summed E-state index contributed by atoms with van der Waals surface area (Å²) in [4.78, 5) is 22.7. The molecule has 0 aromatic heterocycles. The Bertz CT molecular complexity index is 547. The van der Waals surface area contributed by atoms with Gasteiger partial charge in [0.05, 0.1) is 7.11 Å². The highest BCUT2D eigenvalue weighted by molar-refractivity contribution is 6.19. The summed E-state index contributed by atoms with van der Waals surface area (Å²) >= 11 is 0. The molecule has 0 saturated carbocycles. The molecule has 7 heteroatoms. The van der Waals surface area contributed by atoms with Gasteiger partial charge in [-0.3, -0.25) is 4.79 Å². The van der Waals surface area contributed by atoms with E-state index in [2.05, 4.69) is 9.47 Å². The van der Waals surface area contributed by atoms with Crippen LogP contribution in [0.25, 0.3) is 6.08 Å². The highest BCUT2D eigenvalue weighted by Crippen LogP contribution is 2.28. The van der Waals surface area contributed by atoms with Gasteiger partial charge in [0.1, 0.15) is 11.3 Å². The summed E-state index contributed by atoms with van der Waals surface area (Å²) in [5.41, 5.74) is -0.425. The summed E-state index contributed by atoms with van der Waals surface area (Å²) in [5, 5.41) is 0. The molecule has 0 N–H and O–H groups in total. The van der Waals surface area contributed by atoms with Crippen molar-refractivity contribution in [3.8, 4) is 5.75 Å². The SMILES string of the molecule is COC(=O)/C(=C/c1ccccc1OC(F)(F)F)C(C)=O. The van der Waals surface area contributed by atoms with Gasteiger partial charge in [0, 0.05) is 5.56 Å². The van der Waals surface area contributed by atoms with Crippen LogP contribution < -0.4 is 4.74 Å². The smallest absolute Gasteiger partial charge is 0.465 e. The minimum atomic E-state index is -4.87. The molecule has 0 aliphatic carbocycles. The summed E-state index contributed by atoms with van der Waals surface area (Å²) in [6, 6.07) is 5.15. The predicted molar refractivity (Wildman–Crippen MR) is 63.8 cm³/mol. The first-order valence-corrected chi connectivity index (χ1v) is 5.40. The monoisotopic (exact) mass is 288 g/mol. The molecule has 0 spiro atoms. The molecule has 108 valence electrons. The Balaban J connectivity index is 3.25. The lowest BCUT2D eigenvalue weighted by molar-refractivity contribution is -0.274. The van der Waals surface area contributed by atoms with Crippen molar-refractivity contribution in [3.63, 3.8) is 0 Å². The zero-order valence-corrected chi connectivity index (χ0v) is 10.7. The van der Waals surface area contributed by atoms with Gasteiger partial charge in [-0.15, -0.1) is 13.2 Å². The maximum Gasteiger partial charge on any atom is 0.573 e. The van der Waals surface area contributed by atoms with Crippen LogP contribution in [0.4, 0.5) is 13.2 Å². The van der Waals surface area contributed by atoms with Crippen molar-refractivity contribution in [2.45, 2.75) is 13.3 Å². The van der Waals surface area contributed by atoms with E-state index in [4.69, 9.17) is 0 Å². The van der Waals surface area contributed by atoms with Gasteiger partial charge >= 0.3 is 12.3 Å². The van der Waals surface area contributed by atoms with Crippen LogP contribution in [0, 0.1) is 0 Å². The summed E-state index contributed by atoms with van der Waals surface area (Å²) < 4.78 is 44.9. The molecular formula is C13H11F3O4. The van der Waals surface area contributed by atoms with Crippen molar-refractivity contribution in [1.29, 1.82) is 0 Å². The van der Waals surface area contributed by atoms with E-state index in [-0.39, 0.29) is 11.1 Å². The molecule has 0 heterocycles. The van der Waals surface area contributed by atoms with Crippen LogP contribution in [0.2, 0.25) is 0 Å². The lowest BCUT2D eigenvalue weighted by atomic mass is 10.1. The number of halogens is 3. The van der Waals surface area contributed by atoms with E-state index in [9.17, 15) is 22.8 Å². The number of methoxy groups -OCH3 is 1. The number of esters is 1. The fourth-order valence-corrected chi connectivity index (χ4v) is 1.39. The Morgan fingerprint density at radius 1 is 1.20 bits per heavy atom. The van der Waals surface area contributed by atoms with E-state index in [0.29, 0.717) is 0 Å². The third-order valence-electron chi connectivity index (χ3n) is 2.23. The largest absolute Gasteiger partial charge is 0.573 e. The van der Waals surface area contributed by atoms with E-state index < -0.39 is 23.9 Å². The topological polar surface area (TPSA) is 52.6 Å². The van der Waals surface area contributed by atoms with Crippen LogP contribution in [0.5, 0.6) is 5.75 Å². The predicted octanol–water partition coefficient (Wildman–Crippen LogP) is 2.73. The van der Waals surface area contributed by atoms with Gasteiger partial charge < -0.3 is 9.47 Å². The Kier molecular flexibility index (Phi) is 4.90. The fraction of sp³-hybridized carbons (Fsp3) is 0.231. The highest BCUT2D eigenvalue weighted by atomic mass is 19.4. The first-order chi connectivity index (χ1) is 9.24. The number of carbonyl (C=O) groups is 2. The van der Waals surface area contributed by atoms with Crippen molar-refractivity contribution >= 4 is 17.8 Å². The molecule has 1 rings (SSSR count). The normalized spacial score (nSPS) is 11.9.